The van der Waals surface area contributed by atoms with Crippen LogP contribution in [0.2, 0.25) is 0 Å². The average Bonchev–Trinajstić information content (AvgIpc) is 1.94. The van der Waals surface area contributed by atoms with Crippen molar-refractivity contribution in [1.82, 2.24) is 0 Å². The van der Waals surface area contributed by atoms with Crippen molar-refractivity contribution in [2.45, 2.75) is 26.7 Å². The van der Waals surface area contributed by atoms with Gasteiger partial charge in [0.25, 0.3) is 0 Å². The first-order valence-electron chi connectivity index (χ1n) is 3.89. The molecule has 0 aliphatic carbocycles. The molecule has 0 fully saturated rings. The van der Waals surface area contributed by atoms with Gasteiger partial charge in [-0.05, 0) is 30.0 Å². The maximum absolute atomic E-state index is 11.1. The van der Waals surface area contributed by atoms with Crippen LogP contribution in [-0.4, -0.2) is 0 Å². The predicted octanol–water partition coefficient (Wildman–Crippen LogP) is 3.26. The van der Waals surface area contributed by atoms with E-state index in [-0.39, 0.29) is 5.75 Å². The van der Waals surface area contributed by atoms with Crippen LogP contribution in [0.5, 0.6) is 5.75 Å². The predicted molar refractivity (Wildman–Crippen MR) is 45.4 cm³/mol. The van der Waals surface area contributed by atoms with Gasteiger partial charge in [0.15, 0.2) is 5.75 Å². The van der Waals surface area contributed by atoms with Gasteiger partial charge in [-0.1, -0.05) is 26.0 Å². The molecular formula is C10H13O. The van der Waals surface area contributed by atoms with Crippen LogP contribution in [0.25, 0.3) is 0 Å². The lowest BCUT2D eigenvalue weighted by Gasteiger charge is -2.08. The molecule has 0 amide bonds. The largest absolute Gasteiger partial charge is 0.290 e. The minimum atomic E-state index is 0.149. The van der Waals surface area contributed by atoms with Gasteiger partial charge >= 0.3 is 0 Å². The Morgan fingerprint density at radius 2 is 1.91 bits per heavy atom. The van der Waals surface area contributed by atoms with Crippen LogP contribution >= 0.6 is 0 Å². The molecule has 1 rings (SSSR count). The van der Waals surface area contributed by atoms with Crippen molar-refractivity contribution in [2.75, 3.05) is 0 Å². The first-order valence-corrected chi connectivity index (χ1v) is 3.89. The number of rotatable bonds is 1. The zero-order valence-electron chi connectivity index (χ0n) is 7.22. The Morgan fingerprint density at radius 1 is 1.27 bits per heavy atom. The monoisotopic (exact) mass is 149 g/mol. The zero-order chi connectivity index (χ0) is 8.43. The molecule has 1 aromatic rings. The van der Waals surface area contributed by atoms with Crippen molar-refractivity contribution in [2.24, 2.45) is 0 Å². The van der Waals surface area contributed by atoms with Crippen molar-refractivity contribution in [3.05, 3.63) is 29.3 Å². The van der Waals surface area contributed by atoms with Crippen molar-refractivity contribution in [1.29, 1.82) is 0 Å². The Bertz CT molecular complexity index is 251. The zero-order valence-corrected chi connectivity index (χ0v) is 7.22. The molecule has 0 aliphatic rings. The quantitative estimate of drug-likeness (QED) is 0.584. The molecule has 0 saturated carbocycles. The van der Waals surface area contributed by atoms with Gasteiger partial charge in [-0.15, -0.1) is 0 Å². The first kappa shape index (κ1) is 8.12. The van der Waals surface area contributed by atoms with Crippen LogP contribution in [0.1, 0.15) is 30.9 Å². The molecule has 0 unspecified atom stereocenters. The molecule has 59 valence electrons. The van der Waals surface area contributed by atoms with Crippen molar-refractivity contribution < 1.29 is 5.11 Å². The molecule has 1 aromatic carbocycles. The van der Waals surface area contributed by atoms with E-state index >= 15 is 0 Å². The molecule has 0 aromatic heterocycles. The highest BCUT2D eigenvalue weighted by Gasteiger charge is 2.06. The van der Waals surface area contributed by atoms with E-state index in [1.54, 1.807) is 6.07 Å². The third-order valence-corrected chi connectivity index (χ3v) is 1.95. The highest BCUT2D eigenvalue weighted by atomic mass is 16.3. The highest BCUT2D eigenvalue weighted by Crippen LogP contribution is 2.25. The second-order valence-electron chi connectivity index (χ2n) is 3.13. The summed E-state index contributed by atoms with van der Waals surface area (Å²) in [7, 11) is 0. The molecule has 0 saturated heterocycles. The molecule has 1 nitrogen and oxygen atoms in total. The van der Waals surface area contributed by atoms with E-state index < -0.39 is 0 Å². The van der Waals surface area contributed by atoms with E-state index in [1.165, 1.54) is 0 Å². The van der Waals surface area contributed by atoms with E-state index in [9.17, 15) is 5.11 Å². The van der Waals surface area contributed by atoms with Crippen molar-refractivity contribution in [3.8, 4) is 5.75 Å². The van der Waals surface area contributed by atoms with Crippen molar-refractivity contribution >= 4 is 0 Å². The molecule has 11 heavy (non-hydrogen) atoms. The molecule has 0 heterocycles. The van der Waals surface area contributed by atoms with Gasteiger partial charge in [-0.25, -0.2) is 0 Å². The van der Waals surface area contributed by atoms with E-state index in [1.807, 2.05) is 19.1 Å². The number of benzene rings is 1. The summed E-state index contributed by atoms with van der Waals surface area (Å²) >= 11 is 0. The summed E-state index contributed by atoms with van der Waals surface area (Å²) < 4.78 is 0. The van der Waals surface area contributed by atoms with Crippen LogP contribution in [0.4, 0.5) is 0 Å². The molecular weight excluding hydrogens is 136 g/mol. The fourth-order valence-electron chi connectivity index (χ4n) is 1.26. The van der Waals surface area contributed by atoms with Gasteiger partial charge in [-0.2, -0.15) is 0 Å². The molecule has 0 bridgehead atoms. The SMILES string of the molecule is Cc1c([O])cccc1C(C)C. The molecule has 0 atom stereocenters. The Kier molecular flexibility index (Phi) is 2.18. The lowest BCUT2D eigenvalue weighted by molar-refractivity contribution is 0.351. The highest BCUT2D eigenvalue weighted by molar-refractivity contribution is 5.39. The molecule has 0 N–H and O–H groups in total. The van der Waals surface area contributed by atoms with Gasteiger partial charge in [0.2, 0.25) is 0 Å². The fraction of sp³-hybridized carbons (Fsp3) is 0.400. The number of hydrogen-bond acceptors (Lipinski definition) is 0. The molecule has 0 aliphatic heterocycles. The molecule has 1 radical (unpaired) electrons. The summed E-state index contributed by atoms with van der Waals surface area (Å²) in [5, 5.41) is 11.1. The van der Waals surface area contributed by atoms with Crippen LogP contribution < -0.4 is 0 Å². The normalized spacial score (nSPS) is 10.5. The Hall–Kier alpha value is -0.980. The molecule has 0 spiro atoms. The Balaban J connectivity index is 3.17. The van der Waals surface area contributed by atoms with E-state index in [0.717, 1.165) is 11.1 Å². The minimum absolute atomic E-state index is 0.149. The van der Waals surface area contributed by atoms with E-state index in [0.29, 0.717) is 5.92 Å². The lowest BCUT2D eigenvalue weighted by atomic mass is 9.98. The van der Waals surface area contributed by atoms with E-state index in [2.05, 4.69) is 13.8 Å². The Morgan fingerprint density at radius 3 is 2.36 bits per heavy atom. The van der Waals surface area contributed by atoms with Crippen LogP contribution in [0, 0.1) is 6.92 Å². The standard InChI is InChI=1S/C10H13O/c1-7(2)9-5-4-6-10(11)8(9)3/h4-7H,1-3H3. The Labute approximate surface area is 67.7 Å². The fourth-order valence-corrected chi connectivity index (χ4v) is 1.26. The maximum Gasteiger partial charge on any atom is 0.181 e. The smallest absolute Gasteiger partial charge is 0.181 e. The lowest BCUT2D eigenvalue weighted by Crippen LogP contribution is -1.90. The minimum Gasteiger partial charge on any atom is -0.290 e. The molecule has 1 heteroatoms. The van der Waals surface area contributed by atoms with Gasteiger partial charge in [0, 0.05) is 0 Å². The second-order valence-corrected chi connectivity index (χ2v) is 3.13. The van der Waals surface area contributed by atoms with Gasteiger partial charge in [0.1, 0.15) is 0 Å². The second kappa shape index (κ2) is 2.95. The summed E-state index contributed by atoms with van der Waals surface area (Å²) in [5.74, 6) is 0.597. The van der Waals surface area contributed by atoms with Crippen LogP contribution in [0.15, 0.2) is 18.2 Å². The summed E-state index contributed by atoms with van der Waals surface area (Å²) in [6.07, 6.45) is 0. The van der Waals surface area contributed by atoms with Crippen LogP contribution in [0.3, 0.4) is 0 Å². The van der Waals surface area contributed by atoms with Gasteiger partial charge in [-0.3, -0.25) is 5.11 Å². The summed E-state index contributed by atoms with van der Waals surface area (Å²) in [6, 6.07) is 5.45. The summed E-state index contributed by atoms with van der Waals surface area (Å²) in [5.41, 5.74) is 2.06. The summed E-state index contributed by atoms with van der Waals surface area (Å²) in [6.45, 7) is 6.08. The number of hydrogen-bond donors (Lipinski definition) is 0. The topological polar surface area (TPSA) is 19.9 Å². The third kappa shape index (κ3) is 1.53. The maximum atomic E-state index is 11.1. The first-order chi connectivity index (χ1) is 5.13. The van der Waals surface area contributed by atoms with Gasteiger partial charge in [0.05, 0.1) is 0 Å². The van der Waals surface area contributed by atoms with Gasteiger partial charge < -0.3 is 0 Å². The third-order valence-electron chi connectivity index (χ3n) is 1.95. The van der Waals surface area contributed by atoms with Crippen molar-refractivity contribution in [3.63, 3.8) is 0 Å². The van der Waals surface area contributed by atoms with Crippen LogP contribution in [-0.2, 0) is 5.11 Å². The average molecular weight is 149 g/mol. The van der Waals surface area contributed by atoms with E-state index in [4.69, 9.17) is 0 Å². The summed E-state index contributed by atoms with van der Waals surface area (Å²) in [4.78, 5) is 0.